The van der Waals surface area contributed by atoms with Crippen LogP contribution < -0.4 is 10.1 Å². The van der Waals surface area contributed by atoms with E-state index >= 15 is 0 Å². The molecule has 0 bridgehead atoms. The molecule has 1 aromatic rings. The van der Waals surface area contributed by atoms with Crippen molar-refractivity contribution in [3.63, 3.8) is 0 Å². The lowest BCUT2D eigenvalue weighted by Gasteiger charge is -2.37. The Kier molecular flexibility index (Phi) is 5.86. The Morgan fingerprint density at radius 3 is 2.55 bits per heavy atom. The fourth-order valence-electron chi connectivity index (χ4n) is 2.90. The Bertz CT molecular complexity index is 384. The highest BCUT2D eigenvalue weighted by Gasteiger charge is 2.30. The summed E-state index contributed by atoms with van der Waals surface area (Å²) in [5.41, 5.74) is 1.42. The van der Waals surface area contributed by atoms with Crippen LogP contribution in [0.1, 0.15) is 44.1 Å². The van der Waals surface area contributed by atoms with E-state index in [0.29, 0.717) is 24.5 Å². The van der Waals surface area contributed by atoms with E-state index in [9.17, 15) is 0 Å². The summed E-state index contributed by atoms with van der Waals surface area (Å²) in [6.45, 7) is 3.54. The summed E-state index contributed by atoms with van der Waals surface area (Å²) in [5.74, 6) is 2.23. The Morgan fingerprint density at radius 1 is 1.30 bits per heavy atom. The molecule has 1 aliphatic carbocycles. The van der Waals surface area contributed by atoms with Gasteiger partial charge in [0.1, 0.15) is 5.75 Å². The molecule has 0 spiro atoms. The van der Waals surface area contributed by atoms with Crippen molar-refractivity contribution in [1.29, 1.82) is 0 Å². The van der Waals surface area contributed by atoms with Crippen LogP contribution in [0.15, 0.2) is 24.3 Å². The average molecular weight is 277 g/mol. The minimum absolute atomic E-state index is 0.305. The van der Waals surface area contributed by atoms with E-state index in [-0.39, 0.29) is 0 Å². The molecule has 1 fully saturated rings. The molecular weight excluding hydrogens is 250 g/mol. The molecule has 0 aromatic heterocycles. The molecule has 1 aromatic carbocycles. The van der Waals surface area contributed by atoms with Crippen molar-refractivity contribution in [2.75, 3.05) is 20.3 Å². The number of methoxy groups -OCH3 is 1. The van der Waals surface area contributed by atoms with Crippen LogP contribution in [-0.4, -0.2) is 31.4 Å². The van der Waals surface area contributed by atoms with Crippen LogP contribution in [0.4, 0.5) is 0 Å². The first-order valence-electron chi connectivity index (χ1n) is 7.75. The topological polar surface area (TPSA) is 41.5 Å². The predicted molar refractivity (Wildman–Crippen MR) is 82.2 cm³/mol. The monoisotopic (exact) mass is 277 g/mol. The quantitative estimate of drug-likeness (QED) is 0.767. The van der Waals surface area contributed by atoms with Gasteiger partial charge in [0.2, 0.25) is 0 Å². The van der Waals surface area contributed by atoms with Gasteiger partial charge in [-0.25, -0.2) is 0 Å². The van der Waals surface area contributed by atoms with Crippen LogP contribution in [0.2, 0.25) is 0 Å². The third kappa shape index (κ3) is 3.97. The fourth-order valence-corrected chi connectivity index (χ4v) is 2.90. The smallest absolute Gasteiger partial charge is 0.118 e. The van der Waals surface area contributed by atoms with Crippen LogP contribution in [0.25, 0.3) is 0 Å². The highest BCUT2D eigenvalue weighted by atomic mass is 16.5. The second-order valence-corrected chi connectivity index (χ2v) is 5.83. The molecule has 1 unspecified atom stereocenters. The third-order valence-corrected chi connectivity index (χ3v) is 4.54. The largest absolute Gasteiger partial charge is 0.497 e. The van der Waals surface area contributed by atoms with Gasteiger partial charge in [-0.15, -0.1) is 0 Å². The van der Waals surface area contributed by atoms with Gasteiger partial charge < -0.3 is 15.2 Å². The molecule has 1 atom stereocenters. The van der Waals surface area contributed by atoms with Gasteiger partial charge in [0.05, 0.1) is 7.11 Å². The van der Waals surface area contributed by atoms with E-state index in [1.165, 1.54) is 18.4 Å². The molecular formula is C17H27NO2. The molecule has 112 valence electrons. The van der Waals surface area contributed by atoms with Crippen LogP contribution >= 0.6 is 0 Å². The average Bonchev–Trinajstić information content (AvgIpc) is 2.45. The number of aliphatic hydroxyl groups is 1. The molecule has 0 radical (unpaired) electrons. The molecule has 2 rings (SSSR count). The first-order valence-corrected chi connectivity index (χ1v) is 7.75. The number of rotatable bonds is 8. The van der Waals surface area contributed by atoms with Gasteiger partial charge in [-0.3, -0.25) is 0 Å². The number of benzene rings is 1. The summed E-state index contributed by atoms with van der Waals surface area (Å²) in [5, 5.41) is 12.6. The van der Waals surface area contributed by atoms with Crippen molar-refractivity contribution in [2.45, 2.75) is 44.6 Å². The maximum absolute atomic E-state index is 9.00. The van der Waals surface area contributed by atoms with Gasteiger partial charge in [-0.05, 0) is 55.3 Å². The number of ether oxygens (including phenoxy) is 1. The Hall–Kier alpha value is -1.06. The normalized spacial score (nSPS) is 23.1. The zero-order valence-electron chi connectivity index (χ0n) is 12.6. The molecule has 2 N–H and O–H groups in total. The van der Waals surface area contributed by atoms with Crippen molar-refractivity contribution < 1.29 is 9.84 Å². The summed E-state index contributed by atoms with van der Waals surface area (Å²) in [6, 6.07) is 9.10. The van der Waals surface area contributed by atoms with Gasteiger partial charge in [-0.1, -0.05) is 25.5 Å². The van der Waals surface area contributed by atoms with Crippen molar-refractivity contribution >= 4 is 0 Å². The minimum atomic E-state index is 0.305. The second kappa shape index (κ2) is 7.65. The molecule has 0 aliphatic heterocycles. The van der Waals surface area contributed by atoms with Gasteiger partial charge >= 0.3 is 0 Å². The standard InChI is InChI=1S/C17H27NO2/c1-3-13(8-9-19)12-18-16-10-15(11-16)14-4-6-17(20-2)7-5-14/h4-7,13,15-16,18-19H,3,8-12H2,1-2H3. The molecule has 1 aliphatic rings. The first kappa shape index (κ1) is 15.3. The SMILES string of the molecule is CCC(CCO)CNC1CC(c2ccc(OC)cc2)C1. The third-order valence-electron chi connectivity index (χ3n) is 4.54. The molecule has 3 heteroatoms. The minimum Gasteiger partial charge on any atom is -0.497 e. The first-order chi connectivity index (χ1) is 9.76. The van der Waals surface area contributed by atoms with Gasteiger partial charge in [0, 0.05) is 12.6 Å². The Balaban J connectivity index is 1.71. The van der Waals surface area contributed by atoms with Gasteiger partial charge in [0.15, 0.2) is 0 Å². The van der Waals surface area contributed by atoms with Gasteiger partial charge in [-0.2, -0.15) is 0 Å². The number of hydrogen-bond acceptors (Lipinski definition) is 3. The zero-order valence-corrected chi connectivity index (χ0v) is 12.6. The van der Waals surface area contributed by atoms with Crippen molar-refractivity contribution in [3.05, 3.63) is 29.8 Å². The number of hydrogen-bond donors (Lipinski definition) is 2. The van der Waals surface area contributed by atoms with E-state index in [0.717, 1.165) is 25.1 Å². The number of aliphatic hydroxyl groups excluding tert-OH is 1. The van der Waals surface area contributed by atoms with Crippen LogP contribution in [-0.2, 0) is 0 Å². The highest BCUT2D eigenvalue weighted by molar-refractivity contribution is 5.30. The van der Waals surface area contributed by atoms with Crippen LogP contribution in [0, 0.1) is 5.92 Å². The molecule has 1 saturated carbocycles. The van der Waals surface area contributed by atoms with E-state index in [1.54, 1.807) is 7.11 Å². The van der Waals surface area contributed by atoms with Crippen molar-refractivity contribution in [2.24, 2.45) is 5.92 Å². The molecule has 0 heterocycles. The Morgan fingerprint density at radius 2 is 2.00 bits per heavy atom. The summed E-state index contributed by atoms with van der Waals surface area (Å²) >= 11 is 0. The summed E-state index contributed by atoms with van der Waals surface area (Å²) in [6.07, 6.45) is 4.50. The second-order valence-electron chi connectivity index (χ2n) is 5.83. The van der Waals surface area contributed by atoms with Crippen molar-refractivity contribution in [3.8, 4) is 5.75 Å². The number of nitrogens with one attached hydrogen (secondary N) is 1. The summed E-state index contributed by atoms with van der Waals surface area (Å²) in [4.78, 5) is 0. The predicted octanol–water partition coefficient (Wildman–Crippen LogP) is 2.94. The lowest BCUT2D eigenvalue weighted by atomic mass is 9.75. The summed E-state index contributed by atoms with van der Waals surface area (Å²) < 4.78 is 5.19. The molecule has 20 heavy (non-hydrogen) atoms. The lowest BCUT2D eigenvalue weighted by Crippen LogP contribution is -2.42. The molecule has 0 saturated heterocycles. The highest BCUT2D eigenvalue weighted by Crippen LogP contribution is 2.37. The van der Waals surface area contributed by atoms with E-state index in [2.05, 4.69) is 24.4 Å². The lowest BCUT2D eigenvalue weighted by molar-refractivity contribution is 0.231. The van der Waals surface area contributed by atoms with Gasteiger partial charge in [0.25, 0.3) is 0 Å². The van der Waals surface area contributed by atoms with E-state index < -0.39 is 0 Å². The van der Waals surface area contributed by atoms with E-state index in [4.69, 9.17) is 9.84 Å². The van der Waals surface area contributed by atoms with Crippen LogP contribution in [0.3, 0.4) is 0 Å². The Labute approximate surface area is 122 Å². The van der Waals surface area contributed by atoms with Crippen molar-refractivity contribution in [1.82, 2.24) is 5.32 Å². The zero-order chi connectivity index (χ0) is 14.4. The molecule has 0 amide bonds. The van der Waals surface area contributed by atoms with E-state index in [1.807, 2.05) is 12.1 Å². The van der Waals surface area contributed by atoms with Crippen LogP contribution in [0.5, 0.6) is 5.75 Å². The molecule has 3 nitrogen and oxygen atoms in total. The summed E-state index contributed by atoms with van der Waals surface area (Å²) in [7, 11) is 1.70. The maximum atomic E-state index is 9.00. The fraction of sp³-hybridized carbons (Fsp3) is 0.647. The maximum Gasteiger partial charge on any atom is 0.118 e.